The van der Waals surface area contributed by atoms with Crippen LogP contribution in [0.2, 0.25) is 0 Å². The lowest BCUT2D eigenvalue weighted by Crippen LogP contribution is -2.51. The summed E-state index contributed by atoms with van der Waals surface area (Å²) < 4.78 is 13.1. The molecule has 4 rings (SSSR count). The Hall–Kier alpha value is -2.25. The Morgan fingerprint density at radius 2 is 2.00 bits per heavy atom. The summed E-state index contributed by atoms with van der Waals surface area (Å²) in [6.45, 7) is 2.12. The molecule has 0 unspecified atom stereocenters. The molecule has 1 atom stereocenters. The molecular formula is C18H22N4O3. The summed E-state index contributed by atoms with van der Waals surface area (Å²) in [4.78, 5) is 12.5. The van der Waals surface area contributed by atoms with E-state index in [2.05, 4.69) is 15.6 Å². The number of hydrogen-bond donors (Lipinski definition) is 1. The van der Waals surface area contributed by atoms with Crippen LogP contribution in [0, 0.1) is 0 Å². The molecule has 7 heteroatoms. The van der Waals surface area contributed by atoms with Crippen molar-refractivity contribution < 1.29 is 14.3 Å². The number of aromatic nitrogens is 3. The first-order chi connectivity index (χ1) is 12.2. The summed E-state index contributed by atoms with van der Waals surface area (Å²) in [5.41, 5.74) is 1.06. The third-order valence-electron chi connectivity index (χ3n) is 4.98. The second-order valence-electron chi connectivity index (χ2n) is 6.69. The standard InChI is InChI=1S/C18H22N4O3/c23-17(16-13-22(21-20-16)15-4-2-1-3-5-15)19-14-6-9-25-18(12-14)7-10-24-11-8-18/h1-5,13-14H,6-12H2,(H,19,23)/t14-/m1/s1. The second-order valence-corrected chi connectivity index (χ2v) is 6.69. The molecule has 132 valence electrons. The van der Waals surface area contributed by atoms with Crippen LogP contribution in [0.1, 0.15) is 36.2 Å². The molecule has 2 aromatic rings. The molecule has 0 bridgehead atoms. The molecular weight excluding hydrogens is 320 g/mol. The van der Waals surface area contributed by atoms with Gasteiger partial charge in [-0.3, -0.25) is 4.79 Å². The first-order valence-electron chi connectivity index (χ1n) is 8.74. The van der Waals surface area contributed by atoms with Crippen molar-refractivity contribution in [3.63, 3.8) is 0 Å². The number of para-hydroxylation sites is 1. The number of benzene rings is 1. The number of ether oxygens (including phenoxy) is 2. The van der Waals surface area contributed by atoms with Crippen molar-refractivity contribution >= 4 is 5.91 Å². The molecule has 3 heterocycles. The zero-order chi connectivity index (χ0) is 17.1. The molecule has 2 aliphatic heterocycles. The van der Waals surface area contributed by atoms with Crippen molar-refractivity contribution in [3.8, 4) is 5.69 Å². The van der Waals surface area contributed by atoms with Gasteiger partial charge in [0, 0.05) is 25.9 Å². The maximum Gasteiger partial charge on any atom is 0.273 e. The zero-order valence-corrected chi connectivity index (χ0v) is 14.1. The lowest BCUT2D eigenvalue weighted by Gasteiger charge is -2.43. The van der Waals surface area contributed by atoms with E-state index in [0.29, 0.717) is 12.3 Å². The fraction of sp³-hybridized carbons (Fsp3) is 0.500. The van der Waals surface area contributed by atoms with Crippen LogP contribution in [-0.4, -0.2) is 52.4 Å². The summed E-state index contributed by atoms with van der Waals surface area (Å²) >= 11 is 0. The Kier molecular flexibility index (Phi) is 4.50. The average Bonchev–Trinajstić information content (AvgIpc) is 3.14. The lowest BCUT2D eigenvalue weighted by molar-refractivity contribution is -0.139. The number of carbonyl (C=O) groups excluding carboxylic acids is 1. The van der Waals surface area contributed by atoms with Gasteiger partial charge >= 0.3 is 0 Å². The Labute approximate surface area is 146 Å². The summed E-state index contributed by atoms with van der Waals surface area (Å²) in [6.07, 6.45) is 5.09. The van der Waals surface area contributed by atoms with Crippen molar-refractivity contribution in [1.82, 2.24) is 20.3 Å². The van der Waals surface area contributed by atoms with E-state index < -0.39 is 0 Å². The summed E-state index contributed by atoms with van der Waals surface area (Å²) in [5.74, 6) is -0.184. The minimum absolute atomic E-state index is 0.0984. The van der Waals surface area contributed by atoms with Gasteiger partial charge in [-0.1, -0.05) is 23.4 Å². The van der Waals surface area contributed by atoms with Crippen LogP contribution in [0.4, 0.5) is 0 Å². The molecule has 2 saturated heterocycles. The minimum Gasteiger partial charge on any atom is -0.381 e. The van der Waals surface area contributed by atoms with Crippen LogP contribution < -0.4 is 5.32 Å². The highest BCUT2D eigenvalue weighted by Crippen LogP contribution is 2.34. The highest BCUT2D eigenvalue weighted by atomic mass is 16.5. The van der Waals surface area contributed by atoms with Crippen molar-refractivity contribution in [3.05, 3.63) is 42.2 Å². The van der Waals surface area contributed by atoms with Gasteiger partial charge in [0.2, 0.25) is 0 Å². The molecule has 1 amide bonds. The van der Waals surface area contributed by atoms with E-state index in [1.165, 1.54) is 0 Å². The van der Waals surface area contributed by atoms with Crippen LogP contribution >= 0.6 is 0 Å². The monoisotopic (exact) mass is 342 g/mol. The average molecular weight is 342 g/mol. The summed E-state index contributed by atoms with van der Waals surface area (Å²) in [5, 5.41) is 11.2. The molecule has 2 aliphatic rings. The highest BCUT2D eigenvalue weighted by molar-refractivity contribution is 5.92. The topological polar surface area (TPSA) is 78.3 Å². The van der Waals surface area contributed by atoms with Gasteiger partial charge in [0.1, 0.15) is 0 Å². The minimum atomic E-state index is -0.184. The van der Waals surface area contributed by atoms with Gasteiger partial charge < -0.3 is 14.8 Å². The normalized spacial score (nSPS) is 22.6. The third-order valence-corrected chi connectivity index (χ3v) is 4.98. The third kappa shape index (κ3) is 3.57. The molecule has 1 aromatic carbocycles. The van der Waals surface area contributed by atoms with Gasteiger partial charge in [0.15, 0.2) is 5.69 Å². The van der Waals surface area contributed by atoms with Gasteiger partial charge in [-0.25, -0.2) is 4.68 Å². The molecule has 2 fully saturated rings. The maximum absolute atomic E-state index is 12.5. The fourth-order valence-electron chi connectivity index (χ4n) is 3.58. The van der Waals surface area contributed by atoms with Crippen LogP contribution in [0.5, 0.6) is 0 Å². The Bertz CT molecular complexity index is 719. The molecule has 7 nitrogen and oxygen atoms in total. The number of hydrogen-bond acceptors (Lipinski definition) is 5. The smallest absolute Gasteiger partial charge is 0.273 e. The van der Waals surface area contributed by atoms with E-state index in [-0.39, 0.29) is 17.6 Å². The van der Waals surface area contributed by atoms with E-state index in [1.807, 2.05) is 30.3 Å². The van der Waals surface area contributed by atoms with Gasteiger partial charge in [-0.2, -0.15) is 0 Å². The van der Waals surface area contributed by atoms with E-state index in [9.17, 15) is 4.79 Å². The Morgan fingerprint density at radius 1 is 1.20 bits per heavy atom. The Balaban J connectivity index is 1.41. The number of nitrogens with one attached hydrogen (secondary N) is 1. The molecule has 1 N–H and O–H groups in total. The second kappa shape index (κ2) is 6.93. The molecule has 0 saturated carbocycles. The van der Waals surface area contributed by atoms with Crippen LogP contribution in [0.3, 0.4) is 0 Å². The van der Waals surface area contributed by atoms with Crippen molar-refractivity contribution in [2.75, 3.05) is 19.8 Å². The fourth-order valence-corrected chi connectivity index (χ4v) is 3.58. The van der Waals surface area contributed by atoms with Crippen LogP contribution in [0.15, 0.2) is 36.5 Å². The van der Waals surface area contributed by atoms with E-state index in [4.69, 9.17) is 9.47 Å². The predicted octanol–water partition coefficient (Wildman–Crippen LogP) is 1.73. The maximum atomic E-state index is 12.5. The van der Waals surface area contributed by atoms with Gasteiger partial charge in [-0.05, 0) is 37.8 Å². The number of nitrogens with zero attached hydrogens (tertiary/aromatic N) is 3. The first-order valence-corrected chi connectivity index (χ1v) is 8.74. The lowest BCUT2D eigenvalue weighted by atomic mass is 9.84. The van der Waals surface area contributed by atoms with E-state index >= 15 is 0 Å². The molecule has 1 aromatic heterocycles. The van der Waals surface area contributed by atoms with Crippen molar-refractivity contribution in [1.29, 1.82) is 0 Å². The highest BCUT2D eigenvalue weighted by Gasteiger charge is 2.39. The molecule has 0 aliphatic carbocycles. The molecule has 0 radical (unpaired) electrons. The predicted molar refractivity (Wildman–Crippen MR) is 90.6 cm³/mol. The first kappa shape index (κ1) is 16.2. The zero-order valence-electron chi connectivity index (χ0n) is 14.1. The SMILES string of the molecule is O=C(N[C@@H]1CCOC2(CCOCC2)C1)c1cn(-c2ccccc2)nn1. The van der Waals surface area contributed by atoms with Crippen LogP contribution in [0.25, 0.3) is 5.69 Å². The van der Waals surface area contributed by atoms with Crippen molar-refractivity contribution in [2.45, 2.75) is 37.3 Å². The molecule has 1 spiro atoms. The Morgan fingerprint density at radius 3 is 2.80 bits per heavy atom. The van der Waals surface area contributed by atoms with Gasteiger partial charge in [-0.15, -0.1) is 5.10 Å². The summed E-state index contributed by atoms with van der Waals surface area (Å²) in [7, 11) is 0. The van der Waals surface area contributed by atoms with Gasteiger partial charge in [0.25, 0.3) is 5.91 Å². The number of amides is 1. The van der Waals surface area contributed by atoms with Crippen molar-refractivity contribution in [2.24, 2.45) is 0 Å². The molecule has 25 heavy (non-hydrogen) atoms. The van der Waals surface area contributed by atoms with Gasteiger partial charge in [0.05, 0.1) is 17.5 Å². The number of rotatable bonds is 3. The van der Waals surface area contributed by atoms with Crippen LogP contribution in [-0.2, 0) is 9.47 Å². The summed E-state index contributed by atoms with van der Waals surface area (Å²) in [6, 6.07) is 9.72. The quantitative estimate of drug-likeness (QED) is 0.919. The van der Waals surface area contributed by atoms with E-state index in [0.717, 1.165) is 44.6 Å². The number of carbonyl (C=O) groups is 1. The van der Waals surface area contributed by atoms with E-state index in [1.54, 1.807) is 10.9 Å². The largest absolute Gasteiger partial charge is 0.381 e.